The number of hydrogen-bond donors (Lipinski definition) is 1. The van der Waals surface area contributed by atoms with Gasteiger partial charge in [-0.3, -0.25) is 10.1 Å². The van der Waals surface area contributed by atoms with Crippen molar-refractivity contribution in [2.45, 2.75) is 6.92 Å². The number of aryl methyl sites for hydroxylation is 1. The van der Waals surface area contributed by atoms with E-state index >= 15 is 0 Å². The predicted octanol–water partition coefficient (Wildman–Crippen LogP) is 1.88. The van der Waals surface area contributed by atoms with Gasteiger partial charge in [0.1, 0.15) is 0 Å². The molecule has 1 aromatic rings. The highest BCUT2D eigenvalue weighted by molar-refractivity contribution is 5.56. The molecule has 0 aliphatic carbocycles. The first kappa shape index (κ1) is 10.4. The van der Waals surface area contributed by atoms with Crippen LogP contribution < -0.4 is 5.73 Å². The predicted molar refractivity (Wildman–Crippen MR) is 55.9 cm³/mol. The lowest BCUT2D eigenvalue weighted by Gasteiger charge is -1.98. The monoisotopic (exact) mass is 192 g/mol. The summed E-state index contributed by atoms with van der Waals surface area (Å²) in [5.41, 5.74) is 6.89. The van der Waals surface area contributed by atoms with Crippen molar-refractivity contribution in [1.29, 1.82) is 0 Å². The summed E-state index contributed by atoms with van der Waals surface area (Å²) in [5, 5.41) is 10.6. The zero-order valence-corrected chi connectivity index (χ0v) is 7.93. The molecule has 1 rings (SSSR count). The summed E-state index contributed by atoms with van der Waals surface area (Å²) in [5.74, 6) is 0. The summed E-state index contributed by atoms with van der Waals surface area (Å²) >= 11 is 0. The van der Waals surface area contributed by atoms with Crippen molar-refractivity contribution in [3.63, 3.8) is 0 Å². The Morgan fingerprint density at radius 1 is 1.57 bits per heavy atom. The van der Waals surface area contributed by atoms with Crippen LogP contribution in [0.4, 0.5) is 5.69 Å². The molecule has 0 aliphatic rings. The van der Waals surface area contributed by atoms with Gasteiger partial charge in [-0.15, -0.1) is 0 Å². The van der Waals surface area contributed by atoms with Gasteiger partial charge in [0.2, 0.25) is 0 Å². The van der Waals surface area contributed by atoms with E-state index in [1.165, 1.54) is 0 Å². The summed E-state index contributed by atoms with van der Waals surface area (Å²) in [6.45, 7) is 2.15. The largest absolute Gasteiger partial charge is 0.327 e. The Morgan fingerprint density at radius 3 is 2.86 bits per heavy atom. The highest BCUT2D eigenvalue weighted by Gasteiger charge is 2.09. The lowest BCUT2D eigenvalue weighted by Crippen LogP contribution is -1.93. The van der Waals surface area contributed by atoms with Crippen molar-refractivity contribution in [1.82, 2.24) is 0 Å². The van der Waals surface area contributed by atoms with Crippen LogP contribution in [0, 0.1) is 17.0 Å². The van der Waals surface area contributed by atoms with Gasteiger partial charge in [0.05, 0.1) is 4.92 Å². The van der Waals surface area contributed by atoms with Gasteiger partial charge >= 0.3 is 0 Å². The first-order valence-electron chi connectivity index (χ1n) is 4.27. The summed E-state index contributed by atoms with van der Waals surface area (Å²) in [6.07, 6.45) is 3.53. The molecule has 14 heavy (non-hydrogen) atoms. The van der Waals surface area contributed by atoms with Crippen LogP contribution in [0.3, 0.4) is 0 Å². The standard InChI is InChI=1S/C10H12N2O2/c1-8-4-5-9(3-2-6-11)7-10(8)12(13)14/h2-5,7H,6,11H2,1H3/b3-2+. The van der Waals surface area contributed by atoms with Gasteiger partial charge in [-0.25, -0.2) is 0 Å². The summed E-state index contributed by atoms with van der Waals surface area (Å²) in [7, 11) is 0. The van der Waals surface area contributed by atoms with E-state index < -0.39 is 0 Å². The molecule has 0 radical (unpaired) electrons. The van der Waals surface area contributed by atoms with E-state index in [0.717, 1.165) is 5.56 Å². The quantitative estimate of drug-likeness (QED) is 0.587. The normalized spacial score (nSPS) is 10.7. The summed E-state index contributed by atoms with van der Waals surface area (Å²) < 4.78 is 0. The topological polar surface area (TPSA) is 69.2 Å². The van der Waals surface area contributed by atoms with Gasteiger partial charge in [-0.2, -0.15) is 0 Å². The molecule has 0 saturated carbocycles. The number of nitro benzene ring substituents is 1. The van der Waals surface area contributed by atoms with Crippen LogP contribution in [0.2, 0.25) is 0 Å². The average Bonchev–Trinajstić information content (AvgIpc) is 2.16. The highest BCUT2D eigenvalue weighted by Crippen LogP contribution is 2.19. The third-order valence-electron chi connectivity index (χ3n) is 1.88. The molecule has 0 aliphatic heterocycles. The third-order valence-corrected chi connectivity index (χ3v) is 1.88. The second-order valence-electron chi connectivity index (χ2n) is 2.94. The number of benzene rings is 1. The maximum absolute atomic E-state index is 10.6. The molecule has 0 heterocycles. The number of nitrogens with two attached hydrogens (primary N) is 1. The summed E-state index contributed by atoms with van der Waals surface area (Å²) in [6, 6.07) is 5.10. The molecular formula is C10H12N2O2. The lowest BCUT2D eigenvalue weighted by atomic mass is 10.1. The fourth-order valence-electron chi connectivity index (χ4n) is 1.13. The Bertz CT molecular complexity index is 372. The minimum absolute atomic E-state index is 0.143. The van der Waals surface area contributed by atoms with Crippen molar-refractivity contribution < 1.29 is 4.92 Å². The Hall–Kier alpha value is -1.68. The first-order chi connectivity index (χ1) is 6.65. The SMILES string of the molecule is Cc1ccc(/C=C/CN)cc1[N+](=O)[O-]. The van der Waals surface area contributed by atoms with Gasteiger partial charge in [-0.05, 0) is 12.5 Å². The molecule has 0 bridgehead atoms. The molecule has 0 atom stereocenters. The molecule has 0 saturated heterocycles. The van der Waals surface area contributed by atoms with Crippen LogP contribution in [0.25, 0.3) is 6.08 Å². The molecular weight excluding hydrogens is 180 g/mol. The Labute approximate surface area is 82.2 Å². The van der Waals surface area contributed by atoms with Crippen LogP contribution in [-0.2, 0) is 0 Å². The van der Waals surface area contributed by atoms with Gasteiger partial charge in [0, 0.05) is 18.2 Å². The molecule has 0 fully saturated rings. The van der Waals surface area contributed by atoms with E-state index in [-0.39, 0.29) is 10.6 Å². The van der Waals surface area contributed by atoms with Crippen LogP contribution in [0.5, 0.6) is 0 Å². The van der Waals surface area contributed by atoms with Crippen LogP contribution in [0.15, 0.2) is 24.3 Å². The van der Waals surface area contributed by atoms with Crippen molar-refractivity contribution in [2.75, 3.05) is 6.54 Å². The van der Waals surface area contributed by atoms with Crippen molar-refractivity contribution >= 4 is 11.8 Å². The first-order valence-corrected chi connectivity index (χ1v) is 4.27. The maximum atomic E-state index is 10.6. The molecule has 4 heteroatoms. The molecule has 0 amide bonds. The van der Waals surface area contributed by atoms with E-state index in [1.807, 2.05) is 6.07 Å². The second kappa shape index (κ2) is 4.53. The Morgan fingerprint density at radius 2 is 2.29 bits per heavy atom. The molecule has 0 unspecified atom stereocenters. The number of rotatable bonds is 3. The van der Waals surface area contributed by atoms with E-state index in [1.54, 1.807) is 31.2 Å². The number of nitro groups is 1. The van der Waals surface area contributed by atoms with E-state index in [4.69, 9.17) is 5.73 Å². The van der Waals surface area contributed by atoms with E-state index in [9.17, 15) is 10.1 Å². The van der Waals surface area contributed by atoms with Gasteiger partial charge < -0.3 is 5.73 Å². The fraction of sp³-hybridized carbons (Fsp3) is 0.200. The highest BCUT2D eigenvalue weighted by atomic mass is 16.6. The van der Waals surface area contributed by atoms with Crippen LogP contribution in [-0.4, -0.2) is 11.5 Å². The smallest absolute Gasteiger partial charge is 0.272 e. The average molecular weight is 192 g/mol. The molecule has 1 aromatic carbocycles. The van der Waals surface area contributed by atoms with Crippen molar-refractivity contribution in [2.24, 2.45) is 5.73 Å². The minimum atomic E-state index is -0.380. The molecule has 0 spiro atoms. The number of hydrogen-bond acceptors (Lipinski definition) is 3. The zero-order chi connectivity index (χ0) is 10.6. The summed E-state index contributed by atoms with van der Waals surface area (Å²) in [4.78, 5) is 10.2. The van der Waals surface area contributed by atoms with Crippen molar-refractivity contribution in [3.8, 4) is 0 Å². The number of nitrogens with zero attached hydrogens (tertiary/aromatic N) is 1. The Kier molecular flexibility index (Phi) is 3.36. The minimum Gasteiger partial charge on any atom is -0.327 e. The zero-order valence-electron chi connectivity index (χ0n) is 7.93. The van der Waals surface area contributed by atoms with Crippen LogP contribution in [0.1, 0.15) is 11.1 Å². The third kappa shape index (κ3) is 2.40. The van der Waals surface area contributed by atoms with Gasteiger partial charge in [0.15, 0.2) is 0 Å². The molecule has 2 N–H and O–H groups in total. The van der Waals surface area contributed by atoms with Gasteiger partial charge in [0.25, 0.3) is 5.69 Å². The fourth-order valence-corrected chi connectivity index (χ4v) is 1.13. The molecule has 4 nitrogen and oxygen atoms in total. The van der Waals surface area contributed by atoms with E-state index in [2.05, 4.69) is 0 Å². The molecule has 0 aromatic heterocycles. The lowest BCUT2D eigenvalue weighted by molar-refractivity contribution is -0.385. The van der Waals surface area contributed by atoms with Crippen LogP contribution >= 0.6 is 0 Å². The van der Waals surface area contributed by atoms with Crippen molar-refractivity contribution in [3.05, 3.63) is 45.5 Å². The maximum Gasteiger partial charge on any atom is 0.272 e. The molecule has 74 valence electrons. The Balaban J connectivity index is 3.06. The van der Waals surface area contributed by atoms with E-state index in [0.29, 0.717) is 12.1 Å². The second-order valence-corrected chi connectivity index (χ2v) is 2.94. The van der Waals surface area contributed by atoms with Gasteiger partial charge in [-0.1, -0.05) is 24.3 Å².